The van der Waals surface area contributed by atoms with Crippen molar-refractivity contribution >= 4 is 40.8 Å². The molecule has 128 valence electrons. The number of aromatic nitrogens is 1. The molecule has 0 fully saturated rings. The molecule has 1 aromatic heterocycles. The molecule has 0 unspecified atom stereocenters. The summed E-state index contributed by atoms with van der Waals surface area (Å²) >= 11 is 12.1. The summed E-state index contributed by atoms with van der Waals surface area (Å²) in [6.45, 7) is 0. The monoisotopic (exact) mass is 382 g/mol. The maximum Gasteiger partial charge on any atom is 0.335 e. The summed E-state index contributed by atoms with van der Waals surface area (Å²) in [5, 5.41) is 19.6. The molecule has 0 saturated heterocycles. The molecule has 0 spiro atoms. The normalized spacial score (nSPS) is 11.2. The predicted molar refractivity (Wildman–Crippen MR) is 103 cm³/mol. The van der Waals surface area contributed by atoms with Crippen molar-refractivity contribution in [2.24, 2.45) is 0 Å². The Bertz CT molecular complexity index is 1060. The van der Waals surface area contributed by atoms with E-state index in [1.165, 1.54) is 6.07 Å². The molecular formula is C20H12Cl2N2O2. The van der Waals surface area contributed by atoms with E-state index in [9.17, 15) is 15.2 Å². The van der Waals surface area contributed by atoms with Crippen molar-refractivity contribution in [3.8, 4) is 11.8 Å². The number of hydrogen-bond acceptors (Lipinski definition) is 2. The number of carboxylic acid groups (broad SMARTS) is 1. The van der Waals surface area contributed by atoms with Crippen molar-refractivity contribution in [1.82, 2.24) is 4.57 Å². The Morgan fingerprint density at radius 2 is 1.92 bits per heavy atom. The number of carbonyl (C=O) groups is 1. The van der Waals surface area contributed by atoms with Crippen LogP contribution in [0.25, 0.3) is 17.3 Å². The lowest BCUT2D eigenvalue weighted by atomic mass is 10.1. The molecular weight excluding hydrogens is 371 g/mol. The van der Waals surface area contributed by atoms with Crippen LogP contribution in [0.4, 0.5) is 0 Å². The van der Waals surface area contributed by atoms with E-state index in [0.717, 1.165) is 5.69 Å². The van der Waals surface area contributed by atoms with Crippen LogP contribution < -0.4 is 0 Å². The van der Waals surface area contributed by atoms with Gasteiger partial charge in [-0.25, -0.2) is 4.79 Å². The lowest BCUT2D eigenvalue weighted by molar-refractivity contribution is 0.0697. The number of nitrogens with zero attached hydrogens (tertiary/aromatic N) is 2. The Kier molecular flexibility index (Phi) is 5.13. The number of aromatic carboxylic acids is 1. The van der Waals surface area contributed by atoms with Crippen LogP contribution in [0.15, 0.2) is 60.8 Å². The average Bonchev–Trinajstić information content (AvgIpc) is 3.08. The van der Waals surface area contributed by atoms with E-state index < -0.39 is 5.97 Å². The van der Waals surface area contributed by atoms with Gasteiger partial charge in [0.25, 0.3) is 0 Å². The summed E-state index contributed by atoms with van der Waals surface area (Å²) in [5.41, 5.74) is 2.54. The molecule has 0 radical (unpaired) electrons. The van der Waals surface area contributed by atoms with Gasteiger partial charge in [-0.2, -0.15) is 5.26 Å². The minimum Gasteiger partial charge on any atom is -0.478 e. The first-order valence-electron chi connectivity index (χ1n) is 7.58. The quantitative estimate of drug-likeness (QED) is 0.601. The minimum absolute atomic E-state index is 0.187. The molecule has 0 amide bonds. The van der Waals surface area contributed by atoms with E-state index in [-0.39, 0.29) is 5.56 Å². The van der Waals surface area contributed by atoms with Crippen LogP contribution in [0.3, 0.4) is 0 Å². The van der Waals surface area contributed by atoms with Gasteiger partial charge in [0.1, 0.15) is 0 Å². The molecule has 0 saturated carbocycles. The van der Waals surface area contributed by atoms with Gasteiger partial charge in [0.05, 0.1) is 22.2 Å². The number of rotatable bonds is 4. The second kappa shape index (κ2) is 7.49. The molecule has 0 bridgehead atoms. The van der Waals surface area contributed by atoms with Crippen molar-refractivity contribution in [2.75, 3.05) is 0 Å². The molecule has 0 aliphatic rings. The van der Waals surface area contributed by atoms with Gasteiger partial charge in [0.2, 0.25) is 0 Å². The fourth-order valence-electron chi connectivity index (χ4n) is 2.56. The van der Waals surface area contributed by atoms with Gasteiger partial charge >= 0.3 is 5.97 Å². The van der Waals surface area contributed by atoms with Crippen LogP contribution in [0.1, 0.15) is 21.6 Å². The highest BCUT2D eigenvalue weighted by Gasteiger charge is 2.10. The van der Waals surface area contributed by atoms with Crippen LogP contribution >= 0.6 is 23.2 Å². The van der Waals surface area contributed by atoms with Crippen molar-refractivity contribution < 1.29 is 9.90 Å². The van der Waals surface area contributed by atoms with Gasteiger partial charge in [0, 0.05) is 28.2 Å². The second-order valence-corrected chi connectivity index (χ2v) is 6.30. The van der Waals surface area contributed by atoms with E-state index >= 15 is 0 Å². The Morgan fingerprint density at radius 3 is 2.62 bits per heavy atom. The average molecular weight is 383 g/mol. The zero-order valence-electron chi connectivity index (χ0n) is 13.4. The number of nitriles is 1. The SMILES string of the molecule is N#CC(=Cc1cccn1-c1cccc(C(=O)O)c1)c1ccc(Cl)cc1Cl. The lowest BCUT2D eigenvalue weighted by Crippen LogP contribution is -2.00. The van der Waals surface area contributed by atoms with Gasteiger partial charge in [-0.1, -0.05) is 35.3 Å². The largest absolute Gasteiger partial charge is 0.478 e. The summed E-state index contributed by atoms with van der Waals surface area (Å²) in [6.07, 6.45) is 3.49. The third kappa shape index (κ3) is 3.65. The Balaban J connectivity index is 2.07. The first kappa shape index (κ1) is 17.8. The maximum absolute atomic E-state index is 11.2. The molecule has 4 nitrogen and oxygen atoms in total. The summed E-state index contributed by atoms with van der Waals surface area (Å²) in [4.78, 5) is 11.2. The third-order valence-electron chi connectivity index (χ3n) is 3.79. The molecule has 6 heteroatoms. The molecule has 26 heavy (non-hydrogen) atoms. The topological polar surface area (TPSA) is 66.0 Å². The molecule has 0 aliphatic carbocycles. The molecule has 1 heterocycles. The molecule has 3 rings (SSSR count). The number of benzene rings is 2. The van der Waals surface area contributed by atoms with Crippen LogP contribution in [-0.4, -0.2) is 15.6 Å². The van der Waals surface area contributed by atoms with Crippen LogP contribution in [0.5, 0.6) is 0 Å². The zero-order chi connectivity index (χ0) is 18.7. The van der Waals surface area contributed by atoms with Gasteiger partial charge in [-0.05, 0) is 48.5 Å². The Labute approximate surface area is 160 Å². The summed E-state index contributed by atoms with van der Waals surface area (Å²) in [5.74, 6) is -0.998. The van der Waals surface area contributed by atoms with Crippen LogP contribution in [0.2, 0.25) is 10.0 Å². The molecule has 1 N–H and O–H groups in total. The van der Waals surface area contributed by atoms with Crippen LogP contribution in [-0.2, 0) is 0 Å². The zero-order valence-corrected chi connectivity index (χ0v) is 14.9. The predicted octanol–water partition coefficient (Wildman–Crippen LogP) is 5.55. The summed E-state index contributed by atoms with van der Waals surface area (Å²) < 4.78 is 1.80. The third-order valence-corrected chi connectivity index (χ3v) is 4.33. The fraction of sp³-hybridized carbons (Fsp3) is 0. The highest BCUT2D eigenvalue weighted by molar-refractivity contribution is 6.36. The summed E-state index contributed by atoms with van der Waals surface area (Å²) in [7, 11) is 0. The Hall–Kier alpha value is -3.00. The first-order chi connectivity index (χ1) is 12.5. The smallest absolute Gasteiger partial charge is 0.335 e. The molecule has 2 aromatic carbocycles. The van der Waals surface area contributed by atoms with E-state index in [2.05, 4.69) is 6.07 Å². The van der Waals surface area contributed by atoms with Gasteiger partial charge in [-0.3, -0.25) is 0 Å². The van der Waals surface area contributed by atoms with Gasteiger partial charge in [-0.15, -0.1) is 0 Å². The Morgan fingerprint density at radius 1 is 1.12 bits per heavy atom. The van der Waals surface area contributed by atoms with Gasteiger partial charge < -0.3 is 9.67 Å². The van der Waals surface area contributed by atoms with E-state index in [1.807, 2.05) is 12.1 Å². The fourth-order valence-corrected chi connectivity index (χ4v) is 3.07. The second-order valence-electron chi connectivity index (χ2n) is 5.45. The van der Waals surface area contributed by atoms with Crippen LogP contribution in [0, 0.1) is 11.3 Å². The summed E-state index contributed by atoms with van der Waals surface area (Å²) in [6, 6.07) is 17.3. The minimum atomic E-state index is -0.998. The van der Waals surface area contributed by atoms with Crippen molar-refractivity contribution in [1.29, 1.82) is 5.26 Å². The van der Waals surface area contributed by atoms with E-state index in [1.54, 1.807) is 53.2 Å². The lowest BCUT2D eigenvalue weighted by Gasteiger charge is -2.09. The van der Waals surface area contributed by atoms with E-state index in [0.29, 0.717) is 26.9 Å². The molecule has 0 atom stereocenters. The number of hydrogen-bond donors (Lipinski definition) is 1. The highest BCUT2D eigenvalue weighted by Crippen LogP contribution is 2.28. The van der Waals surface area contributed by atoms with Crippen molar-refractivity contribution in [3.05, 3.63) is 87.7 Å². The van der Waals surface area contributed by atoms with Crippen molar-refractivity contribution in [3.63, 3.8) is 0 Å². The highest BCUT2D eigenvalue weighted by atomic mass is 35.5. The molecule has 3 aromatic rings. The standard InChI is InChI=1S/C20H12Cl2N2O2/c21-15-6-7-18(19(22)11-15)14(12-23)10-17-5-2-8-24(17)16-4-1-3-13(9-16)20(25)26/h1-11H,(H,25,26). The number of carboxylic acids is 1. The number of allylic oxidation sites excluding steroid dienone is 1. The maximum atomic E-state index is 11.2. The number of halogens is 2. The van der Waals surface area contributed by atoms with Crippen molar-refractivity contribution in [2.45, 2.75) is 0 Å². The van der Waals surface area contributed by atoms with E-state index in [4.69, 9.17) is 23.2 Å². The van der Waals surface area contributed by atoms with Gasteiger partial charge in [0.15, 0.2) is 0 Å². The molecule has 0 aliphatic heterocycles. The first-order valence-corrected chi connectivity index (χ1v) is 8.33.